The van der Waals surface area contributed by atoms with Crippen molar-refractivity contribution in [3.05, 3.63) is 52.8 Å². The van der Waals surface area contributed by atoms with Crippen LogP contribution in [0.15, 0.2) is 47.1 Å². The lowest BCUT2D eigenvalue weighted by molar-refractivity contribution is 0.302. The third kappa shape index (κ3) is 2.39. The molecule has 14 heavy (non-hydrogen) atoms. The highest BCUT2D eigenvalue weighted by Gasteiger charge is 1.95. The number of hydrogen-bond acceptors (Lipinski definition) is 1. The van der Waals surface area contributed by atoms with Crippen molar-refractivity contribution in [2.24, 2.45) is 0 Å². The van der Waals surface area contributed by atoms with E-state index in [0.717, 1.165) is 15.9 Å². The molecule has 3 heteroatoms. The van der Waals surface area contributed by atoms with Crippen LogP contribution in [0.4, 0.5) is 0 Å². The van der Waals surface area contributed by atoms with Crippen molar-refractivity contribution in [2.75, 3.05) is 0 Å². The molecule has 0 radical (unpaired) electrons. The molecule has 0 saturated heterocycles. The molecular formula is C11H10BrNO. The Bertz CT molecular complexity index is 380. The highest BCUT2D eigenvalue weighted by molar-refractivity contribution is 9.10. The number of aromatic nitrogens is 1. The standard InChI is InChI=1S/C11H10BrNO/c12-9-3-5-11(6-4-9)14-8-10-2-1-7-13-10/h1-7,13H,8H2. The van der Waals surface area contributed by atoms with E-state index < -0.39 is 0 Å². The van der Waals surface area contributed by atoms with E-state index in [2.05, 4.69) is 20.9 Å². The van der Waals surface area contributed by atoms with Crippen molar-refractivity contribution in [1.82, 2.24) is 4.98 Å². The predicted molar refractivity (Wildman–Crippen MR) is 59.3 cm³/mol. The van der Waals surface area contributed by atoms with Crippen LogP contribution in [0.2, 0.25) is 0 Å². The summed E-state index contributed by atoms with van der Waals surface area (Å²) in [5.41, 5.74) is 1.08. The largest absolute Gasteiger partial charge is 0.487 e. The van der Waals surface area contributed by atoms with Crippen LogP contribution in [-0.2, 0) is 6.61 Å². The SMILES string of the molecule is Brc1ccc(OCc2ccc[nH]2)cc1. The fraction of sp³-hybridized carbons (Fsp3) is 0.0909. The van der Waals surface area contributed by atoms with Gasteiger partial charge in [-0.15, -0.1) is 0 Å². The molecule has 2 aromatic rings. The zero-order valence-electron chi connectivity index (χ0n) is 7.53. The van der Waals surface area contributed by atoms with Gasteiger partial charge < -0.3 is 9.72 Å². The lowest BCUT2D eigenvalue weighted by Crippen LogP contribution is -1.94. The number of halogens is 1. The van der Waals surface area contributed by atoms with Crippen molar-refractivity contribution in [3.63, 3.8) is 0 Å². The summed E-state index contributed by atoms with van der Waals surface area (Å²) in [5.74, 6) is 0.878. The van der Waals surface area contributed by atoms with E-state index in [-0.39, 0.29) is 0 Å². The third-order valence-electron chi connectivity index (χ3n) is 1.87. The second-order valence-electron chi connectivity index (χ2n) is 2.94. The first-order chi connectivity index (χ1) is 6.84. The van der Waals surface area contributed by atoms with Crippen molar-refractivity contribution >= 4 is 15.9 Å². The highest BCUT2D eigenvalue weighted by Crippen LogP contribution is 2.16. The van der Waals surface area contributed by atoms with Crippen LogP contribution < -0.4 is 4.74 Å². The van der Waals surface area contributed by atoms with Crippen LogP contribution in [0, 0.1) is 0 Å². The highest BCUT2D eigenvalue weighted by atomic mass is 79.9. The zero-order chi connectivity index (χ0) is 9.80. The second kappa shape index (κ2) is 4.33. The smallest absolute Gasteiger partial charge is 0.128 e. The quantitative estimate of drug-likeness (QED) is 0.890. The normalized spacial score (nSPS) is 10.1. The first kappa shape index (κ1) is 9.34. The minimum Gasteiger partial charge on any atom is -0.487 e. The average molecular weight is 252 g/mol. The summed E-state index contributed by atoms with van der Waals surface area (Å²) in [6.45, 7) is 0.578. The predicted octanol–water partition coefficient (Wildman–Crippen LogP) is 3.36. The molecule has 72 valence electrons. The maximum atomic E-state index is 5.55. The molecular weight excluding hydrogens is 242 g/mol. The van der Waals surface area contributed by atoms with E-state index in [4.69, 9.17) is 4.74 Å². The molecule has 1 heterocycles. The van der Waals surface area contributed by atoms with Crippen molar-refractivity contribution in [2.45, 2.75) is 6.61 Å². The van der Waals surface area contributed by atoms with Crippen LogP contribution in [0.3, 0.4) is 0 Å². The molecule has 0 aliphatic carbocycles. The number of nitrogens with one attached hydrogen (secondary N) is 1. The summed E-state index contributed by atoms with van der Waals surface area (Å²) in [4.78, 5) is 3.08. The van der Waals surface area contributed by atoms with Gasteiger partial charge >= 0.3 is 0 Å². The van der Waals surface area contributed by atoms with Crippen LogP contribution >= 0.6 is 15.9 Å². The number of aromatic amines is 1. The third-order valence-corrected chi connectivity index (χ3v) is 2.40. The molecule has 0 fully saturated rings. The van der Waals surface area contributed by atoms with Crippen molar-refractivity contribution < 1.29 is 4.74 Å². The Morgan fingerprint density at radius 1 is 1.14 bits per heavy atom. The van der Waals surface area contributed by atoms with Gasteiger partial charge in [0, 0.05) is 10.7 Å². The number of H-pyrrole nitrogens is 1. The lowest BCUT2D eigenvalue weighted by Gasteiger charge is -2.04. The van der Waals surface area contributed by atoms with Gasteiger partial charge in [-0.25, -0.2) is 0 Å². The fourth-order valence-electron chi connectivity index (χ4n) is 1.15. The van der Waals surface area contributed by atoms with Gasteiger partial charge in [-0.1, -0.05) is 15.9 Å². The average Bonchev–Trinajstić information content (AvgIpc) is 2.70. The first-order valence-electron chi connectivity index (χ1n) is 4.35. The number of benzene rings is 1. The summed E-state index contributed by atoms with van der Waals surface area (Å²) in [6, 6.07) is 11.8. The molecule has 2 rings (SSSR count). The molecule has 0 aliphatic heterocycles. The minimum absolute atomic E-state index is 0.578. The molecule has 1 aromatic heterocycles. The van der Waals surface area contributed by atoms with Crippen LogP contribution in [0.1, 0.15) is 5.69 Å². The maximum Gasteiger partial charge on any atom is 0.128 e. The molecule has 0 amide bonds. The monoisotopic (exact) mass is 251 g/mol. The molecule has 1 N–H and O–H groups in total. The Balaban J connectivity index is 1.95. The van der Waals surface area contributed by atoms with Gasteiger partial charge in [0.2, 0.25) is 0 Å². The van der Waals surface area contributed by atoms with Crippen LogP contribution in [-0.4, -0.2) is 4.98 Å². The van der Waals surface area contributed by atoms with Crippen LogP contribution in [0.5, 0.6) is 5.75 Å². The van der Waals surface area contributed by atoms with Gasteiger partial charge in [-0.05, 0) is 36.4 Å². The Morgan fingerprint density at radius 2 is 1.93 bits per heavy atom. The van der Waals surface area contributed by atoms with E-state index >= 15 is 0 Å². The molecule has 0 aliphatic rings. The topological polar surface area (TPSA) is 25.0 Å². The Hall–Kier alpha value is -1.22. The van der Waals surface area contributed by atoms with Gasteiger partial charge in [-0.3, -0.25) is 0 Å². The Labute approximate surface area is 91.0 Å². The Morgan fingerprint density at radius 3 is 2.57 bits per heavy atom. The maximum absolute atomic E-state index is 5.55. The molecule has 0 atom stereocenters. The van der Waals surface area contributed by atoms with Crippen LogP contribution in [0.25, 0.3) is 0 Å². The zero-order valence-corrected chi connectivity index (χ0v) is 9.12. The molecule has 0 saturated carbocycles. The molecule has 0 bridgehead atoms. The van der Waals surface area contributed by atoms with E-state index in [0.29, 0.717) is 6.61 Å². The van der Waals surface area contributed by atoms with Gasteiger partial charge in [0.25, 0.3) is 0 Å². The fourth-order valence-corrected chi connectivity index (χ4v) is 1.41. The number of rotatable bonds is 3. The van der Waals surface area contributed by atoms with Gasteiger partial charge in [0.05, 0.1) is 5.69 Å². The van der Waals surface area contributed by atoms with E-state index in [9.17, 15) is 0 Å². The van der Waals surface area contributed by atoms with E-state index in [1.54, 1.807) is 0 Å². The molecule has 2 nitrogen and oxygen atoms in total. The minimum atomic E-state index is 0.578. The molecule has 0 spiro atoms. The number of ether oxygens (including phenoxy) is 1. The first-order valence-corrected chi connectivity index (χ1v) is 5.14. The van der Waals surface area contributed by atoms with Gasteiger partial charge in [0.15, 0.2) is 0 Å². The summed E-state index contributed by atoms with van der Waals surface area (Å²) >= 11 is 3.37. The Kier molecular flexibility index (Phi) is 2.89. The van der Waals surface area contributed by atoms with Crippen molar-refractivity contribution in [3.8, 4) is 5.75 Å². The van der Waals surface area contributed by atoms with Crippen molar-refractivity contribution in [1.29, 1.82) is 0 Å². The van der Waals surface area contributed by atoms with E-state index in [1.165, 1.54) is 0 Å². The number of hydrogen-bond donors (Lipinski definition) is 1. The van der Waals surface area contributed by atoms with Gasteiger partial charge in [-0.2, -0.15) is 0 Å². The summed E-state index contributed by atoms with van der Waals surface area (Å²) < 4.78 is 6.61. The summed E-state index contributed by atoms with van der Waals surface area (Å²) in [5, 5.41) is 0. The second-order valence-corrected chi connectivity index (χ2v) is 3.85. The van der Waals surface area contributed by atoms with E-state index in [1.807, 2.05) is 42.6 Å². The summed E-state index contributed by atoms with van der Waals surface area (Å²) in [6.07, 6.45) is 1.89. The molecule has 1 aromatic carbocycles. The van der Waals surface area contributed by atoms with Gasteiger partial charge in [0.1, 0.15) is 12.4 Å². The summed E-state index contributed by atoms with van der Waals surface area (Å²) in [7, 11) is 0. The molecule has 0 unspecified atom stereocenters. The lowest BCUT2D eigenvalue weighted by atomic mass is 10.3.